The summed E-state index contributed by atoms with van der Waals surface area (Å²) >= 11 is 0. The van der Waals surface area contributed by atoms with E-state index in [1.807, 2.05) is 0 Å². The van der Waals surface area contributed by atoms with Gasteiger partial charge in [0.1, 0.15) is 0 Å². The molecule has 18 heavy (non-hydrogen) atoms. The molecule has 3 heteroatoms. The van der Waals surface area contributed by atoms with E-state index in [-0.39, 0.29) is 12.7 Å². The second kappa shape index (κ2) is 10.8. The third-order valence-electron chi connectivity index (χ3n) is 3.75. The summed E-state index contributed by atoms with van der Waals surface area (Å²) in [6.45, 7) is 6.33. The minimum Gasteiger partial charge on any atom is -0.394 e. The first-order valence-corrected chi connectivity index (χ1v) is 7.81. The van der Waals surface area contributed by atoms with Crippen molar-refractivity contribution in [2.24, 2.45) is 0 Å². The van der Waals surface area contributed by atoms with Crippen molar-refractivity contribution in [2.75, 3.05) is 32.8 Å². The first kappa shape index (κ1) is 15.9. The number of morpholine rings is 1. The first-order chi connectivity index (χ1) is 8.86. The molecule has 1 N–H and O–H groups in total. The summed E-state index contributed by atoms with van der Waals surface area (Å²) in [5.74, 6) is 0. The molecule has 0 saturated carbocycles. The molecule has 1 aliphatic rings. The smallest absolute Gasteiger partial charge is 0.0932 e. The van der Waals surface area contributed by atoms with Gasteiger partial charge in [0.15, 0.2) is 0 Å². The molecule has 0 aromatic heterocycles. The zero-order chi connectivity index (χ0) is 13.1. The summed E-state index contributed by atoms with van der Waals surface area (Å²) in [6, 6.07) is 0. The highest BCUT2D eigenvalue weighted by molar-refractivity contribution is 4.70. The van der Waals surface area contributed by atoms with Crippen LogP contribution in [-0.4, -0.2) is 49.0 Å². The minimum atomic E-state index is 0.0489. The number of hydrogen-bond donors (Lipinski definition) is 1. The largest absolute Gasteiger partial charge is 0.394 e. The van der Waals surface area contributed by atoms with Gasteiger partial charge in [-0.05, 0) is 13.0 Å². The molecule has 0 bridgehead atoms. The van der Waals surface area contributed by atoms with Gasteiger partial charge in [0.25, 0.3) is 0 Å². The molecule has 1 atom stereocenters. The monoisotopic (exact) mass is 257 g/mol. The first-order valence-electron chi connectivity index (χ1n) is 7.81. The van der Waals surface area contributed by atoms with Crippen LogP contribution in [0.1, 0.15) is 58.3 Å². The molecule has 1 aliphatic heterocycles. The number of ether oxygens (including phenoxy) is 1. The van der Waals surface area contributed by atoms with Crippen LogP contribution in [0.3, 0.4) is 0 Å². The van der Waals surface area contributed by atoms with Crippen LogP contribution in [0.15, 0.2) is 0 Å². The van der Waals surface area contributed by atoms with Crippen LogP contribution in [0.5, 0.6) is 0 Å². The van der Waals surface area contributed by atoms with Crippen LogP contribution in [-0.2, 0) is 4.74 Å². The molecule has 1 heterocycles. The van der Waals surface area contributed by atoms with E-state index in [1.165, 1.54) is 57.9 Å². The predicted molar refractivity (Wildman–Crippen MR) is 75.9 cm³/mol. The lowest BCUT2D eigenvalue weighted by Gasteiger charge is -2.31. The van der Waals surface area contributed by atoms with E-state index in [2.05, 4.69) is 11.8 Å². The van der Waals surface area contributed by atoms with Crippen LogP contribution >= 0.6 is 0 Å². The lowest BCUT2D eigenvalue weighted by atomic mass is 10.1. The van der Waals surface area contributed by atoms with Gasteiger partial charge >= 0.3 is 0 Å². The van der Waals surface area contributed by atoms with Crippen LogP contribution in [0.2, 0.25) is 0 Å². The average molecular weight is 257 g/mol. The summed E-state index contributed by atoms with van der Waals surface area (Å²) in [5, 5.41) is 9.07. The lowest BCUT2D eigenvalue weighted by molar-refractivity contribution is -0.0529. The molecule has 0 amide bonds. The van der Waals surface area contributed by atoms with E-state index in [4.69, 9.17) is 9.84 Å². The van der Waals surface area contributed by atoms with Crippen molar-refractivity contribution in [3.8, 4) is 0 Å². The van der Waals surface area contributed by atoms with Crippen LogP contribution in [0.25, 0.3) is 0 Å². The molecule has 1 unspecified atom stereocenters. The maximum absolute atomic E-state index is 9.07. The molecular weight excluding hydrogens is 226 g/mol. The van der Waals surface area contributed by atoms with Gasteiger partial charge in [-0.25, -0.2) is 0 Å². The fraction of sp³-hybridized carbons (Fsp3) is 1.00. The summed E-state index contributed by atoms with van der Waals surface area (Å²) in [7, 11) is 0. The van der Waals surface area contributed by atoms with Crippen molar-refractivity contribution in [3.63, 3.8) is 0 Å². The Morgan fingerprint density at radius 2 is 1.72 bits per heavy atom. The fourth-order valence-electron chi connectivity index (χ4n) is 2.56. The SMILES string of the molecule is CCCCCCCCCCN1CCOC(CO)C1. The van der Waals surface area contributed by atoms with Gasteiger partial charge in [0.2, 0.25) is 0 Å². The van der Waals surface area contributed by atoms with E-state index in [0.29, 0.717) is 0 Å². The second-order valence-electron chi connectivity index (χ2n) is 5.45. The summed E-state index contributed by atoms with van der Waals surface area (Å²) < 4.78 is 5.45. The summed E-state index contributed by atoms with van der Waals surface area (Å²) in [4.78, 5) is 2.43. The summed E-state index contributed by atoms with van der Waals surface area (Å²) in [5.41, 5.74) is 0. The number of rotatable bonds is 10. The molecule has 108 valence electrons. The Kier molecular flexibility index (Phi) is 9.54. The highest BCUT2D eigenvalue weighted by atomic mass is 16.5. The Morgan fingerprint density at radius 3 is 2.39 bits per heavy atom. The van der Waals surface area contributed by atoms with Crippen molar-refractivity contribution >= 4 is 0 Å². The van der Waals surface area contributed by atoms with E-state index in [0.717, 1.165) is 19.7 Å². The van der Waals surface area contributed by atoms with Crippen molar-refractivity contribution in [1.82, 2.24) is 4.90 Å². The maximum Gasteiger partial charge on any atom is 0.0932 e. The van der Waals surface area contributed by atoms with Crippen molar-refractivity contribution < 1.29 is 9.84 Å². The van der Waals surface area contributed by atoms with Gasteiger partial charge in [0, 0.05) is 13.1 Å². The third-order valence-corrected chi connectivity index (χ3v) is 3.75. The van der Waals surface area contributed by atoms with Crippen molar-refractivity contribution in [3.05, 3.63) is 0 Å². The van der Waals surface area contributed by atoms with Gasteiger partial charge in [-0.3, -0.25) is 4.90 Å². The number of aliphatic hydroxyl groups excluding tert-OH is 1. The quantitative estimate of drug-likeness (QED) is 0.611. The topological polar surface area (TPSA) is 32.7 Å². The second-order valence-corrected chi connectivity index (χ2v) is 5.45. The molecule has 3 nitrogen and oxygen atoms in total. The van der Waals surface area contributed by atoms with E-state index in [1.54, 1.807) is 0 Å². The molecule has 0 radical (unpaired) electrons. The Labute approximate surface area is 113 Å². The number of nitrogens with zero attached hydrogens (tertiary/aromatic N) is 1. The van der Waals surface area contributed by atoms with E-state index in [9.17, 15) is 0 Å². The molecule has 0 aliphatic carbocycles. The van der Waals surface area contributed by atoms with Gasteiger partial charge in [0.05, 0.1) is 19.3 Å². The fourth-order valence-corrected chi connectivity index (χ4v) is 2.56. The van der Waals surface area contributed by atoms with Crippen LogP contribution in [0, 0.1) is 0 Å². The van der Waals surface area contributed by atoms with Gasteiger partial charge < -0.3 is 9.84 Å². The number of aliphatic hydroxyl groups is 1. The lowest BCUT2D eigenvalue weighted by Crippen LogP contribution is -2.44. The minimum absolute atomic E-state index is 0.0489. The normalized spacial score (nSPS) is 21.3. The maximum atomic E-state index is 9.07. The molecule has 1 saturated heterocycles. The van der Waals surface area contributed by atoms with Crippen molar-refractivity contribution in [2.45, 2.75) is 64.4 Å². The summed E-state index contributed by atoms with van der Waals surface area (Å²) in [6.07, 6.45) is 11.1. The van der Waals surface area contributed by atoms with Gasteiger partial charge in [-0.2, -0.15) is 0 Å². The molecule has 0 aromatic rings. The highest BCUT2D eigenvalue weighted by Gasteiger charge is 2.18. The van der Waals surface area contributed by atoms with Crippen LogP contribution < -0.4 is 0 Å². The van der Waals surface area contributed by atoms with Gasteiger partial charge in [-0.1, -0.05) is 51.9 Å². The van der Waals surface area contributed by atoms with Gasteiger partial charge in [-0.15, -0.1) is 0 Å². The third kappa shape index (κ3) is 7.34. The van der Waals surface area contributed by atoms with E-state index >= 15 is 0 Å². The Bertz CT molecular complexity index is 187. The molecule has 1 rings (SSSR count). The molecule has 0 aromatic carbocycles. The molecular formula is C15H31NO2. The predicted octanol–water partition coefficient (Wildman–Crippen LogP) is 2.82. The molecule has 0 spiro atoms. The molecule has 1 fully saturated rings. The zero-order valence-corrected chi connectivity index (χ0v) is 12.1. The van der Waals surface area contributed by atoms with E-state index < -0.39 is 0 Å². The average Bonchev–Trinajstić information content (AvgIpc) is 2.42. The Morgan fingerprint density at radius 1 is 1.06 bits per heavy atom. The standard InChI is InChI=1S/C15H31NO2/c1-2-3-4-5-6-7-8-9-10-16-11-12-18-15(13-16)14-17/h15,17H,2-14H2,1H3. The Balaban J connectivity index is 1.88. The van der Waals surface area contributed by atoms with Crippen molar-refractivity contribution in [1.29, 1.82) is 0 Å². The highest BCUT2D eigenvalue weighted by Crippen LogP contribution is 2.10. The Hall–Kier alpha value is -0.120. The van der Waals surface area contributed by atoms with Crippen LogP contribution in [0.4, 0.5) is 0 Å². The zero-order valence-electron chi connectivity index (χ0n) is 12.1. The number of hydrogen-bond acceptors (Lipinski definition) is 3. The number of unbranched alkanes of at least 4 members (excludes halogenated alkanes) is 7.